The van der Waals surface area contributed by atoms with E-state index in [0.29, 0.717) is 34.0 Å². The van der Waals surface area contributed by atoms with Gasteiger partial charge in [0.05, 0.1) is 18.4 Å². The lowest BCUT2D eigenvalue weighted by Crippen LogP contribution is -2.15. The van der Waals surface area contributed by atoms with Crippen molar-refractivity contribution in [3.8, 4) is 0 Å². The van der Waals surface area contributed by atoms with Crippen molar-refractivity contribution in [3.05, 3.63) is 33.5 Å². The summed E-state index contributed by atoms with van der Waals surface area (Å²) in [4.78, 5) is 25.5. The van der Waals surface area contributed by atoms with E-state index < -0.39 is 5.97 Å². The largest absolute Gasteiger partial charge is 0.465 e. The number of carbonyl (C=O) groups is 2. The number of methoxy groups -OCH3 is 1. The average Bonchev–Trinajstić information content (AvgIpc) is 3.10. The maximum absolute atomic E-state index is 12.5. The lowest BCUT2D eigenvalue weighted by molar-refractivity contribution is 0.0602. The van der Waals surface area contributed by atoms with Crippen LogP contribution in [0.5, 0.6) is 0 Å². The Bertz CT molecular complexity index is 718. The summed E-state index contributed by atoms with van der Waals surface area (Å²) >= 11 is 1.39. The molecule has 0 bridgehead atoms. The van der Waals surface area contributed by atoms with Gasteiger partial charge in [0.15, 0.2) is 0 Å². The number of rotatable bonds is 6. The van der Waals surface area contributed by atoms with Gasteiger partial charge in [0.1, 0.15) is 16.3 Å². The zero-order chi connectivity index (χ0) is 17.0. The summed E-state index contributed by atoms with van der Waals surface area (Å²) in [5.41, 5.74) is 1.40. The van der Waals surface area contributed by atoms with Gasteiger partial charge in [-0.2, -0.15) is 0 Å². The number of nitrogens with zero attached hydrogens (tertiary/aromatic N) is 1. The van der Waals surface area contributed by atoms with Crippen molar-refractivity contribution < 1.29 is 18.8 Å². The fourth-order valence-corrected chi connectivity index (χ4v) is 3.42. The van der Waals surface area contributed by atoms with Gasteiger partial charge in [0.25, 0.3) is 5.91 Å². The van der Waals surface area contributed by atoms with Crippen molar-refractivity contribution in [1.29, 1.82) is 0 Å². The number of aromatic nitrogens is 1. The van der Waals surface area contributed by atoms with Crippen LogP contribution in [0.2, 0.25) is 0 Å². The highest BCUT2D eigenvalue weighted by atomic mass is 32.1. The molecular formula is C16H20N2O4S. The Morgan fingerprint density at radius 1 is 1.39 bits per heavy atom. The second-order valence-corrected chi connectivity index (χ2v) is 6.20. The Labute approximate surface area is 138 Å². The highest BCUT2D eigenvalue weighted by Crippen LogP contribution is 2.30. The van der Waals surface area contributed by atoms with E-state index in [0.717, 1.165) is 17.7 Å². The van der Waals surface area contributed by atoms with Gasteiger partial charge >= 0.3 is 5.97 Å². The van der Waals surface area contributed by atoms with E-state index in [4.69, 9.17) is 9.26 Å². The van der Waals surface area contributed by atoms with E-state index >= 15 is 0 Å². The maximum Gasteiger partial charge on any atom is 0.340 e. The third kappa shape index (κ3) is 3.61. The molecule has 2 rings (SSSR count). The zero-order valence-corrected chi connectivity index (χ0v) is 14.5. The molecule has 1 N–H and O–H groups in total. The number of ether oxygens (including phenoxy) is 1. The first-order valence-corrected chi connectivity index (χ1v) is 8.30. The second-order valence-electron chi connectivity index (χ2n) is 5.07. The first-order chi connectivity index (χ1) is 11.0. The summed E-state index contributed by atoms with van der Waals surface area (Å²) < 4.78 is 9.88. The van der Waals surface area contributed by atoms with E-state index in [1.54, 1.807) is 13.0 Å². The highest BCUT2D eigenvalue weighted by Gasteiger charge is 2.23. The minimum atomic E-state index is -0.461. The number of nitrogens with one attached hydrogen (secondary N) is 1. The molecule has 0 aliphatic carbocycles. The number of hydrogen-bond acceptors (Lipinski definition) is 6. The first kappa shape index (κ1) is 17.2. The highest BCUT2D eigenvalue weighted by molar-refractivity contribution is 7.16. The van der Waals surface area contributed by atoms with Crippen LogP contribution in [0.25, 0.3) is 0 Å². The van der Waals surface area contributed by atoms with Crippen molar-refractivity contribution in [1.82, 2.24) is 5.16 Å². The molecule has 2 aromatic heterocycles. The molecule has 0 aliphatic heterocycles. The minimum Gasteiger partial charge on any atom is -0.465 e. The zero-order valence-electron chi connectivity index (χ0n) is 13.7. The van der Waals surface area contributed by atoms with Gasteiger partial charge in [0, 0.05) is 4.88 Å². The van der Waals surface area contributed by atoms with Crippen molar-refractivity contribution >= 4 is 28.2 Å². The van der Waals surface area contributed by atoms with E-state index in [2.05, 4.69) is 17.4 Å². The molecule has 0 saturated heterocycles. The smallest absolute Gasteiger partial charge is 0.340 e. The predicted molar refractivity (Wildman–Crippen MR) is 88.2 cm³/mol. The number of anilines is 1. The Morgan fingerprint density at radius 2 is 2.13 bits per heavy atom. The van der Waals surface area contributed by atoms with Gasteiger partial charge < -0.3 is 14.6 Å². The molecule has 124 valence electrons. The molecule has 0 saturated carbocycles. The summed E-state index contributed by atoms with van der Waals surface area (Å²) in [5.74, 6) is -0.323. The van der Waals surface area contributed by atoms with E-state index in [9.17, 15) is 9.59 Å². The third-order valence-electron chi connectivity index (χ3n) is 3.41. The monoisotopic (exact) mass is 336 g/mol. The van der Waals surface area contributed by atoms with Gasteiger partial charge in [-0.05, 0) is 25.8 Å². The van der Waals surface area contributed by atoms with Crippen LogP contribution in [-0.4, -0.2) is 24.1 Å². The standard InChI is InChI=1S/C16H20N2O4S/c1-5-7-10-8-11(16(20)21-4)15(23-10)17-14(19)13-9(3)22-18-12(13)6-2/h8H,5-7H2,1-4H3,(H,17,19). The molecular weight excluding hydrogens is 316 g/mol. The lowest BCUT2D eigenvalue weighted by Gasteiger charge is -2.05. The summed E-state index contributed by atoms with van der Waals surface area (Å²) in [6.07, 6.45) is 2.39. The number of thiophene rings is 1. The molecule has 0 aliphatic rings. The van der Waals surface area contributed by atoms with Crippen LogP contribution in [0.1, 0.15) is 57.3 Å². The number of carbonyl (C=O) groups excluding carboxylic acids is 2. The van der Waals surface area contributed by atoms with Gasteiger partial charge in [0.2, 0.25) is 0 Å². The third-order valence-corrected chi connectivity index (χ3v) is 4.52. The lowest BCUT2D eigenvalue weighted by atomic mass is 10.1. The second kappa shape index (κ2) is 7.41. The van der Waals surface area contributed by atoms with E-state index in [1.807, 2.05) is 6.92 Å². The van der Waals surface area contributed by atoms with Crippen LogP contribution >= 0.6 is 11.3 Å². The van der Waals surface area contributed by atoms with Crippen molar-refractivity contribution in [2.24, 2.45) is 0 Å². The predicted octanol–water partition coefficient (Wildman–Crippen LogP) is 3.60. The summed E-state index contributed by atoms with van der Waals surface area (Å²) in [6, 6.07) is 1.77. The molecule has 0 spiro atoms. The van der Waals surface area contributed by atoms with Crippen LogP contribution in [0, 0.1) is 6.92 Å². The fraction of sp³-hybridized carbons (Fsp3) is 0.438. The molecule has 0 atom stereocenters. The van der Waals surface area contributed by atoms with Gasteiger partial charge in [-0.25, -0.2) is 4.79 Å². The number of hydrogen-bond donors (Lipinski definition) is 1. The quantitative estimate of drug-likeness (QED) is 0.815. The Balaban J connectivity index is 2.33. The summed E-state index contributed by atoms with van der Waals surface area (Å²) in [5, 5.41) is 7.18. The number of aryl methyl sites for hydroxylation is 3. The van der Waals surface area contributed by atoms with Crippen LogP contribution in [0.15, 0.2) is 10.6 Å². The molecule has 23 heavy (non-hydrogen) atoms. The molecule has 6 nitrogen and oxygen atoms in total. The first-order valence-electron chi connectivity index (χ1n) is 7.49. The Morgan fingerprint density at radius 3 is 2.74 bits per heavy atom. The average molecular weight is 336 g/mol. The molecule has 2 aromatic rings. The van der Waals surface area contributed by atoms with Crippen molar-refractivity contribution in [2.45, 2.75) is 40.0 Å². The van der Waals surface area contributed by atoms with Crippen LogP contribution in [0.4, 0.5) is 5.00 Å². The maximum atomic E-state index is 12.5. The molecule has 0 fully saturated rings. The topological polar surface area (TPSA) is 81.4 Å². The normalized spacial score (nSPS) is 10.6. The van der Waals surface area contributed by atoms with Gasteiger partial charge in [-0.15, -0.1) is 11.3 Å². The molecule has 7 heteroatoms. The minimum absolute atomic E-state index is 0.323. The fourth-order valence-electron chi connectivity index (χ4n) is 2.28. The van der Waals surface area contributed by atoms with Crippen LogP contribution < -0.4 is 5.32 Å². The summed E-state index contributed by atoms with van der Waals surface area (Å²) in [7, 11) is 1.32. The van der Waals surface area contributed by atoms with E-state index in [-0.39, 0.29) is 5.91 Å². The SMILES string of the molecule is CCCc1cc(C(=O)OC)c(NC(=O)c2c(CC)noc2C)s1. The van der Waals surface area contributed by atoms with Crippen molar-refractivity contribution in [2.75, 3.05) is 12.4 Å². The van der Waals surface area contributed by atoms with Crippen molar-refractivity contribution in [3.63, 3.8) is 0 Å². The number of esters is 1. The number of amides is 1. The van der Waals surface area contributed by atoms with Gasteiger partial charge in [-0.1, -0.05) is 25.4 Å². The molecule has 1 amide bonds. The Hall–Kier alpha value is -2.15. The van der Waals surface area contributed by atoms with Crippen LogP contribution in [0.3, 0.4) is 0 Å². The van der Waals surface area contributed by atoms with Gasteiger partial charge in [-0.3, -0.25) is 4.79 Å². The molecule has 0 radical (unpaired) electrons. The van der Waals surface area contributed by atoms with Crippen LogP contribution in [-0.2, 0) is 17.6 Å². The molecule has 0 unspecified atom stereocenters. The molecule has 2 heterocycles. The molecule has 0 aromatic carbocycles. The van der Waals surface area contributed by atoms with E-state index in [1.165, 1.54) is 18.4 Å². The Kier molecular flexibility index (Phi) is 5.54. The summed E-state index contributed by atoms with van der Waals surface area (Å²) in [6.45, 7) is 5.65.